The van der Waals surface area contributed by atoms with Crippen molar-refractivity contribution in [2.24, 2.45) is 10.8 Å². The van der Waals surface area contributed by atoms with Gasteiger partial charge in [0.15, 0.2) is 0 Å². The second-order valence-electron chi connectivity index (χ2n) is 6.63. The maximum Gasteiger partial charge on any atom is 0.303 e. The maximum absolute atomic E-state index is 11.2. The SMILES string of the molecule is [2H]C([2H])([2H])C(CCCCCCCCCCC(CC(=O)O)(C([2H])([2H])[2H])C([2H])([2H])[2H])(CC(=O)O)C([2H])([2H])[2H]. The molecule has 0 aromatic rings. The fourth-order valence-corrected chi connectivity index (χ4v) is 2.61. The highest BCUT2D eigenvalue weighted by Crippen LogP contribution is 2.29. The van der Waals surface area contributed by atoms with Gasteiger partial charge in [0.1, 0.15) is 0 Å². The molecule has 142 valence electrons. The molecule has 0 aliphatic carbocycles. The number of aliphatic carboxylic acids is 2. The van der Waals surface area contributed by atoms with E-state index in [1.807, 2.05) is 0 Å². The topological polar surface area (TPSA) is 74.6 Å². The molecule has 4 nitrogen and oxygen atoms in total. The van der Waals surface area contributed by atoms with E-state index in [2.05, 4.69) is 0 Å². The standard InChI is InChI=1S/C20H38O4/c1-19(2,15-17(21)22)13-11-9-7-5-6-8-10-12-14-20(3,4)16-18(23)24/h5-16H2,1-4H3,(H,21,22)(H,23,24)/i1D3,2D3,3D3,4D3. The number of hydrogen-bond acceptors (Lipinski definition) is 2. The van der Waals surface area contributed by atoms with Crippen LogP contribution >= 0.6 is 0 Å². The van der Waals surface area contributed by atoms with Gasteiger partial charge in [-0.15, -0.1) is 0 Å². The van der Waals surface area contributed by atoms with Crippen molar-refractivity contribution in [3.05, 3.63) is 0 Å². The van der Waals surface area contributed by atoms with Crippen LogP contribution in [0.2, 0.25) is 0 Å². The number of rotatable bonds is 15. The molecular weight excluding hydrogens is 304 g/mol. The lowest BCUT2D eigenvalue weighted by Gasteiger charge is -2.22. The zero-order valence-corrected chi connectivity index (χ0v) is 14.2. The normalized spacial score (nSPS) is 21.8. The molecule has 0 atom stereocenters. The predicted octanol–water partition coefficient (Wildman–Crippen LogP) is 5.89. The third-order valence-electron chi connectivity index (χ3n) is 3.86. The van der Waals surface area contributed by atoms with Crippen molar-refractivity contribution in [3.8, 4) is 0 Å². The lowest BCUT2D eigenvalue weighted by molar-refractivity contribution is -0.140. The summed E-state index contributed by atoms with van der Waals surface area (Å²) in [7, 11) is 0. The Bertz CT molecular complexity index is 619. The van der Waals surface area contributed by atoms with E-state index >= 15 is 0 Å². The van der Waals surface area contributed by atoms with E-state index in [0.29, 0.717) is 38.5 Å². The number of unbranched alkanes of at least 4 members (excludes halogenated alkanes) is 7. The van der Waals surface area contributed by atoms with Gasteiger partial charge in [0.25, 0.3) is 0 Å². The summed E-state index contributed by atoms with van der Waals surface area (Å²) in [5.74, 6) is -2.96. The Morgan fingerprint density at radius 3 is 1.21 bits per heavy atom. The van der Waals surface area contributed by atoms with Gasteiger partial charge in [0.2, 0.25) is 0 Å². The summed E-state index contributed by atoms with van der Waals surface area (Å²) < 4.78 is 91.9. The van der Waals surface area contributed by atoms with E-state index in [1.165, 1.54) is 0 Å². The first-order chi connectivity index (χ1) is 16.0. The van der Waals surface area contributed by atoms with E-state index in [0.717, 1.165) is 0 Å². The first-order valence-electron chi connectivity index (χ1n) is 14.5. The first kappa shape index (κ1) is 9.59. The van der Waals surface area contributed by atoms with Crippen LogP contribution in [0.1, 0.15) is 121 Å². The summed E-state index contributed by atoms with van der Waals surface area (Å²) in [6.45, 7) is -11.8. The molecule has 0 spiro atoms. The highest BCUT2D eigenvalue weighted by molar-refractivity contribution is 5.67. The Morgan fingerprint density at radius 1 is 0.667 bits per heavy atom. The molecule has 0 aromatic carbocycles. The third-order valence-corrected chi connectivity index (χ3v) is 3.86. The molecule has 0 unspecified atom stereocenters. The van der Waals surface area contributed by atoms with Gasteiger partial charge < -0.3 is 10.2 Å². The minimum atomic E-state index is -2.96. The average molecular weight is 355 g/mol. The molecule has 2 N–H and O–H groups in total. The second-order valence-corrected chi connectivity index (χ2v) is 6.63. The van der Waals surface area contributed by atoms with Crippen LogP contribution in [-0.2, 0) is 9.59 Å². The van der Waals surface area contributed by atoms with Crippen molar-refractivity contribution in [2.75, 3.05) is 0 Å². The highest BCUT2D eigenvalue weighted by Gasteiger charge is 2.21. The molecule has 0 saturated carbocycles. The Kier molecular flexibility index (Phi) is 4.59. The Morgan fingerprint density at radius 2 is 0.958 bits per heavy atom. The molecule has 0 radical (unpaired) electrons. The molecule has 0 aliphatic heterocycles. The monoisotopic (exact) mass is 354 g/mol. The van der Waals surface area contributed by atoms with Gasteiger partial charge >= 0.3 is 11.9 Å². The molecule has 0 bridgehead atoms. The van der Waals surface area contributed by atoms with Crippen molar-refractivity contribution in [2.45, 2.75) is 104 Å². The van der Waals surface area contributed by atoms with Gasteiger partial charge in [-0.3, -0.25) is 9.59 Å². The van der Waals surface area contributed by atoms with Crippen LogP contribution in [0.15, 0.2) is 0 Å². The molecule has 0 fully saturated rings. The highest BCUT2D eigenvalue weighted by atomic mass is 16.4. The minimum absolute atomic E-state index is 0.235. The first-order valence-corrected chi connectivity index (χ1v) is 8.48. The Balaban J connectivity index is 4.70. The lowest BCUT2D eigenvalue weighted by atomic mass is 9.83. The predicted molar refractivity (Wildman–Crippen MR) is 98.2 cm³/mol. The van der Waals surface area contributed by atoms with Gasteiger partial charge in [-0.05, 0) is 23.7 Å². The van der Waals surface area contributed by atoms with Gasteiger partial charge in [-0.25, -0.2) is 0 Å². The van der Waals surface area contributed by atoms with E-state index in [1.54, 1.807) is 0 Å². The van der Waals surface area contributed by atoms with Crippen LogP contribution in [-0.4, -0.2) is 22.2 Å². The van der Waals surface area contributed by atoms with Crippen molar-refractivity contribution in [3.63, 3.8) is 0 Å². The van der Waals surface area contributed by atoms with Crippen molar-refractivity contribution < 1.29 is 36.3 Å². The summed E-state index contributed by atoms with van der Waals surface area (Å²) in [5, 5.41) is 18.2. The van der Waals surface area contributed by atoms with E-state index in [4.69, 9.17) is 26.7 Å². The average Bonchev–Trinajstić information content (AvgIpc) is 2.63. The number of carbonyl (C=O) groups is 2. The quantitative estimate of drug-likeness (QED) is 0.360. The summed E-state index contributed by atoms with van der Waals surface area (Å²) >= 11 is 0. The minimum Gasteiger partial charge on any atom is -0.481 e. The van der Waals surface area contributed by atoms with E-state index in [-0.39, 0.29) is 25.7 Å². The number of carboxylic acid groups (broad SMARTS) is 2. The maximum atomic E-state index is 11.2. The Labute approximate surface area is 164 Å². The molecule has 4 heteroatoms. The molecule has 0 saturated heterocycles. The fourth-order valence-electron chi connectivity index (χ4n) is 2.61. The van der Waals surface area contributed by atoms with E-state index < -0.39 is 63.0 Å². The fraction of sp³-hybridized carbons (Fsp3) is 0.900. The molecule has 0 heterocycles. The Hall–Kier alpha value is -1.06. The van der Waals surface area contributed by atoms with Crippen LogP contribution in [0.4, 0.5) is 0 Å². The summed E-state index contributed by atoms with van der Waals surface area (Å²) in [4.78, 5) is 22.4. The summed E-state index contributed by atoms with van der Waals surface area (Å²) in [6, 6.07) is 0. The van der Waals surface area contributed by atoms with Gasteiger partial charge in [0, 0.05) is 16.4 Å². The van der Waals surface area contributed by atoms with E-state index in [9.17, 15) is 9.59 Å². The molecule has 0 aliphatic rings. The lowest BCUT2D eigenvalue weighted by Crippen LogP contribution is -2.16. The second kappa shape index (κ2) is 11.5. The van der Waals surface area contributed by atoms with Crippen LogP contribution in [0.5, 0.6) is 0 Å². The van der Waals surface area contributed by atoms with Crippen LogP contribution in [0.25, 0.3) is 0 Å². The van der Waals surface area contributed by atoms with Crippen molar-refractivity contribution >= 4 is 11.9 Å². The molecule has 0 aromatic heterocycles. The van der Waals surface area contributed by atoms with Gasteiger partial charge in [-0.2, -0.15) is 0 Å². The molecular formula is C20H38O4. The summed E-state index contributed by atoms with van der Waals surface area (Å²) in [6.07, 6.45) is 1.71. The van der Waals surface area contributed by atoms with Crippen LogP contribution in [0, 0.1) is 10.8 Å². The zero-order valence-electron chi connectivity index (χ0n) is 26.2. The van der Waals surface area contributed by atoms with Crippen molar-refractivity contribution in [1.29, 1.82) is 0 Å². The zero-order chi connectivity index (χ0) is 28.6. The molecule has 0 rings (SSSR count). The molecule has 24 heavy (non-hydrogen) atoms. The number of hydrogen-bond donors (Lipinski definition) is 2. The van der Waals surface area contributed by atoms with Crippen LogP contribution < -0.4 is 0 Å². The van der Waals surface area contributed by atoms with Crippen molar-refractivity contribution in [1.82, 2.24) is 0 Å². The smallest absolute Gasteiger partial charge is 0.303 e. The summed E-state index contributed by atoms with van der Waals surface area (Å²) in [5.41, 5.74) is -4.64. The number of carboxylic acids is 2. The van der Waals surface area contributed by atoms with Gasteiger partial charge in [-0.1, -0.05) is 78.8 Å². The van der Waals surface area contributed by atoms with Crippen LogP contribution in [0.3, 0.4) is 0 Å². The largest absolute Gasteiger partial charge is 0.481 e. The van der Waals surface area contributed by atoms with Gasteiger partial charge in [0.05, 0.1) is 12.8 Å². The third kappa shape index (κ3) is 14.5. The molecule has 0 amide bonds.